The van der Waals surface area contributed by atoms with Gasteiger partial charge in [-0.25, -0.2) is 4.79 Å². The smallest absolute Gasteiger partial charge is 0.289 e. The summed E-state index contributed by atoms with van der Waals surface area (Å²) in [6.45, 7) is 13.3. The van der Waals surface area contributed by atoms with E-state index in [-0.39, 0.29) is 36.6 Å². The number of fused-ring (bicyclic) bond motifs is 1. The van der Waals surface area contributed by atoms with E-state index in [2.05, 4.69) is 28.1 Å². The number of likely N-dealkylation sites (tertiary alicyclic amines) is 1. The number of terminal acetylenes is 1. The van der Waals surface area contributed by atoms with Crippen LogP contribution in [0.5, 0.6) is 0 Å². The number of rotatable bonds is 10. The SMILES string of the molecule is C#CCCC(NC(=O)C1C2C(CN1C(=O)C(N=C=O)C(C)(C)C)C2(C)C)C(=O)C(=O)NCC=C. The maximum absolute atomic E-state index is 13.5. The van der Waals surface area contributed by atoms with Crippen molar-refractivity contribution in [1.29, 1.82) is 0 Å². The first kappa shape index (κ1) is 27.0. The number of piperidine rings is 1. The van der Waals surface area contributed by atoms with Gasteiger partial charge >= 0.3 is 0 Å². The van der Waals surface area contributed by atoms with E-state index in [0.29, 0.717) is 6.54 Å². The van der Waals surface area contributed by atoms with Gasteiger partial charge < -0.3 is 15.5 Å². The van der Waals surface area contributed by atoms with Gasteiger partial charge in [-0.1, -0.05) is 40.7 Å². The lowest BCUT2D eigenvalue weighted by Crippen LogP contribution is -2.57. The Bertz CT molecular complexity index is 951. The van der Waals surface area contributed by atoms with Crippen molar-refractivity contribution >= 4 is 29.6 Å². The average Bonchev–Trinajstić information content (AvgIpc) is 3.11. The predicted molar refractivity (Wildman–Crippen MR) is 126 cm³/mol. The molecule has 0 aromatic heterocycles. The van der Waals surface area contributed by atoms with E-state index in [9.17, 15) is 24.0 Å². The van der Waals surface area contributed by atoms with Gasteiger partial charge in [-0.05, 0) is 29.1 Å². The fourth-order valence-electron chi connectivity index (χ4n) is 4.81. The molecule has 1 saturated heterocycles. The number of Topliss-reactive ketones (excluding diaryl/α,β-unsaturated/α-hetero) is 1. The number of hydrogen-bond acceptors (Lipinski definition) is 6. The normalized spacial score (nSPS) is 23.9. The van der Waals surface area contributed by atoms with Gasteiger partial charge in [0.1, 0.15) is 12.1 Å². The van der Waals surface area contributed by atoms with Crippen molar-refractivity contribution in [2.24, 2.45) is 27.7 Å². The summed E-state index contributed by atoms with van der Waals surface area (Å²) >= 11 is 0. The molecule has 1 heterocycles. The van der Waals surface area contributed by atoms with Crippen LogP contribution in [0.15, 0.2) is 17.6 Å². The van der Waals surface area contributed by atoms with Crippen molar-refractivity contribution in [3.05, 3.63) is 12.7 Å². The topological polar surface area (TPSA) is 125 Å². The molecule has 1 saturated carbocycles. The van der Waals surface area contributed by atoms with Crippen molar-refractivity contribution in [3.63, 3.8) is 0 Å². The molecule has 0 spiro atoms. The summed E-state index contributed by atoms with van der Waals surface area (Å²) < 4.78 is 0. The Balaban J connectivity index is 2.31. The van der Waals surface area contributed by atoms with Gasteiger partial charge in [0.15, 0.2) is 0 Å². The lowest BCUT2D eigenvalue weighted by molar-refractivity contribution is -0.144. The molecule has 34 heavy (non-hydrogen) atoms. The molecule has 0 radical (unpaired) electrons. The second-order valence-corrected chi connectivity index (χ2v) is 10.5. The molecule has 9 nitrogen and oxygen atoms in total. The van der Waals surface area contributed by atoms with Crippen LogP contribution in [-0.2, 0) is 24.0 Å². The van der Waals surface area contributed by atoms with Crippen LogP contribution in [0.3, 0.4) is 0 Å². The van der Waals surface area contributed by atoms with E-state index in [1.807, 2.05) is 13.8 Å². The molecule has 1 aliphatic carbocycles. The van der Waals surface area contributed by atoms with Crippen LogP contribution < -0.4 is 10.6 Å². The van der Waals surface area contributed by atoms with Crippen molar-refractivity contribution in [2.75, 3.05) is 13.1 Å². The minimum absolute atomic E-state index is 0.0841. The molecule has 9 heteroatoms. The molecule has 0 bridgehead atoms. The van der Waals surface area contributed by atoms with Gasteiger partial charge in [0.2, 0.25) is 23.7 Å². The highest BCUT2D eigenvalue weighted by Gasteiger charge is 2.69. The lowest BCUT2D eigenvalue weighted by Gasteiger charge is -2.35. The predicted octanol–water partition coefficient (Wildman–Crippen LogP) is 0.989. The largest absolute Gasteiger partial charge is 0.346 e. The van der Waals surface area contributed by atoms with E-state index in [1.54, 1.807) is 20.8 Å². The van der Waals surface area contributed by atoms with E-state index in [0.717, 1.165) is 0 Å². The Hall–Kier alpha value is -3.24. The molecule has 5 unspecified atom stereocenters. The molecule has 5 atom stereocenters. The van der Waals surface area contributed by atoms with Crippen LogP contribution in [0.4, 0.5) is 0 Å². The Labute approximate surface area is 200 Å². The fourth-order valence-corrected chi connectivity index (χ4v) is 4.81. The van der Waals surface area contributed by atoms with Crippen molar-refractivity contribution in [1.82, 2.24) is 15.5 Å². The van der Waals surface area contributed by atoms with Gasteiger partial charge in [-0.3, -0.25) is 19.2 Å². The summed E-state index contributed by atoms with van der Waals surface area (Å²) in [5.41, 5.74) is -0.823. The number of ketones is 1. The summed E-state index contributed by atoms with van der Waals surface area (Å²) in [6, 6.07) is -2.97. The third kappa shape index (κ3) is 5.45. The lowest BCUT2D eigenvalue weighted by atomic mass is 9.85. The first-order chi connectivity index (χ1) is 15.8. The zero-order valence-electron chi connectivity index (χ0n) is 20.5. The van der Waals surface area contributed by atoms with Gasteiger partial charge in [0.25, 0.3) is 5.91 Å². The quantitative estimate of drug-likeness (QED) is 0.162. The summed E-state index contributed by atoms with van der Waals surface area (Å²) in [7, 11) is 0. The van der Waals surface area contributed by atoms with Gasteiger partial charge in [0.05, 0.1) is 6.04 Å². The zero-order chi connectivity index (χ0) is 25.8. The number of nitrogens with one attached hydrogen (secondary N) is 2. The number of isocyanates is 1. The minimum Gasteiger partial charge on any atom is -0.346 e. The molecule has 0 aromatic rings. The number of carbonyl (C=O) groups is 4. The maximum atomic E-state index is 13.5. The fraction of sp³-hybridized carbons (Fsp3) is 0.640. The number of amides is 3. The average molecular weight is 471 g/mol. The van der Waals surface area contributed by atoms with Crippen molar-refractivity contribution in [2.45, 2.75) is 65.6 Å². The second-order valence-electron chi connectivity index (χ2n) is 10.5. The zero-order valence-corrected chi connectivity index (χ0v) is 20.5. The van der Waals surface area contributed by atoms with Crippen LogP contribution in [0.1, 0.15) is 47.5 Å². The molecule has 2 N–H and O–H groups in total. The maximum Gasteiger partial charge on any atom is 0.289 e. The highest BCUT2D eigenvalue weighted by atomic mass is 16.2. The number of aliphatic imine (C=N–C) groups is 1. The van der Waals surface area contributed by atoms with Crippen LogP contribution >= 0.6 is 0 Å². The highest BCUT2D eigenvalue weighted by Crippen LogP contribution is 2.65. The third-order valence-electron chi connectivity index (χ3n) is 6.84. The van der Waals surface area contributed by atoms with Crippen LogP contribution in [0, 0.1) is 35.0 Å². The molecule has 2 aliphatic rings. The van der Waals surface area contributed by atoms with Crippen LogP contribution in [0.2, 0.25) is 0 Å². The second kappa shape index (κ2) is 10.4. The van der Waals surface area contributed by atoms with E-state index in [1.165, 1.54) is 17.1 Å². The summed E-state index contributed by atoms with van der Waals surface area (Å²) in [6.07, 6.45) is 8.50. The summed E-state index contributed by atoms with van der Waals surface area (Å²) in [5, 5.41) is 5.08. The van der Waals surface area contributed by atoms with Crippen LogP contribution in [-0.4, -0.2) is 65.7 Å². The molecule has 2 rings (SSSR count). The molecule has 0 aromatic carbocycles. The number of hydrogen-bond donors (Lipinski definition) is 2. The molecule has 184 valence electrons. The van der Waals surface area contributed by atoms with E-state index >= 15 is 0 Å². The van der Waals surface area contributed by atoms with Crippen molar-refractivity contribution < 1.29 is 24.0 Å². The summed E-state index contributed by atoms with van der Waals surface area (Å²) in [5.74, 6) is -0.223. The Morgan fingerprint density at radius 2 is 1.94 bits per heavy atom. The molecule has 2 fully saturated rings. The number of nitrogens with zero attached hydrogens (tertiary/aromatic N) is 2. The summed E-state index contributed by atoms with van der Waals surface area (Å²) in [4.78, 5) is 67.9. The minimum atomic E-state index is -1.13. The molecule has 3 amide bonds. The molecule has 1 aliphatic heterocycles. The van der Waals surface area contributed by atoms with E-state index < -0.39 is 47.0 Å². The third-order valence-corrected chi connectivity index (χ3v) is 6.84. The first-order valence-electron chi connectivity index (χ1n) is 11.4. The van der Waals surface area contributed by atoms with Crippen molar-refractivity contribution in [3.8, 4) is 12.3 Å². The molecular formula is C25H34N4O5. The Kier molecular flexibility index (Phi) is 8.22. The standard InChI is InChI=1S/C25H34N4O5/c1-8-10-11-16(19(31)22(33)26-12-9-2)28-21(32)18-17-15(25(17,6)7)13-29(18)23(34)20(27-14-30)24(3,4)5/h1,9,15-18,20H,2,10-13H2,3-7H3,(H,26,33)(H,28,32). The van der Waals surface area contributed by atoms with Gasteiger partial charge in [0, 0.05) is 19.5 Å². The number of carbonyl (C=O) groups excluding carboxylic acids is 5. The van der Waals surface area contributed by atoms with Gasteiger partial charge in [-0.2, -0.15) is 4.99 Å². The first-order valence-corrected chi connectivity index (χ1v) is 11.4. The Morgan fingerprint density at radius 3 is 2.47 bits per heavy atom. The highest BCUT2D eigenvalue weighted by molar-refractivity contribution is 6.38. The monoisotopic (exact) mass is 470 g/mol. The molecular weight excluding hydrogens is 436 g/mol. The van der Waals surface area contributed by atoms with E-state index in [4.69, 9.17) is 6.42 Å². The van der Waals surface area contributed by atoms with Gasteiger partial charge in [-0.15, -0.1) is 18.9 Å². The van der Waals surface area contributed by atoms with Crippen LogP contribution in [0.25, 0.3) is 0 Å². The Morgan fingerprint density at radius 1 is 1.29 bits per heavy atom.